The maximum absolute atomic E-state index is 13.3. The Bertz CT molecular complexity index is 1020. The molecule has 32 heavy (non-hydrogen) atoms. The van der Waals surface area contributed by atoms with Gasteiger partial charge in [-0.15, -0.1) is 0 Å². The van der Waals surface area contributed by atoms with E-state index in [2.05, 4.69) is 5.32 Å². The number of ether oxygens (including phenoxy) is 2. The van der Waals surface area contributed by atoms with Crippen molar-refractivity contribution < 1.29 is 19.1 Å². The summed E-state index contributed by atoms with van der Waals surface area (Å²) in [7, 11) is 0. The molecule has 1 N–H and O–H groups in total. The highest BCUT2D eigenvalue weighted by molar-refractivity contribution is 6.36. The second kappa shape index (κ2) is 10.7. The average Bonchev–Trinajstić information content (AvgIpc) is 2.97. The van der Waals surface area contributed by atoms with E-state index in [4.69, 9.17) is 21.1 Å². The van der Waals surface area contributed by atoms with Crippen LogP contribution in [0.15, 0.2) is 48.2 Å². The number of anilines is 1. The number of hydrogen-bond acceptors (Lipinski definition) is 5. The van der Waals surface area contributed by atoms with Gasteiger partial charge >= 0.3 is 0 Å². The second-order valence-electron chi connectivity index (χ2n) is 7.84. The van der Waals surface area contributed by atoms with E-state index in [-0.39, 0.29) is 23.6 Å². The van der Waals surface area contributed by atoms with Crippen LogP contribution in [-0.4, -0.2) is 42.6 Å². The zero-order valence-corrected chi connectivity index (χ0v) is 19.7. The summed E-state index contributed by atoms with van der Waals surface area (Å²) in [6, 6.07) is 12.6. The molecule has 0 aliphatic carbocycles. The van der Waals surface area contributed by atoms with Crippen molar-refractivity contribution in [3.8, 4) is 5.75 Å². The van der Waals surface area contributed by atoms with Crippen molar-refractivity contribution in [3.05, 3.63) is 64.3 Å². The van der Waals surface area contributed by atoms with Crippen molar-refractivity contribution in [1.82, 2.24) is 4.90 Å². The number of amides is 2. The fraction of sp³-hybridized carbons (Fsp3) is 0.360. The first-order valence-electron chi connectivity index (χ1n) is 10.8. The Kier molecular flexibility index (Phi) is 7.94. The van der Waals surface area contributed by atoms with Gasteiger partial charge in [-0.3, -0.25) is 14.5 Å². The molecule has 7 heteroatoms. The van der Waals surface area contributed by atoms with E-state index >= 15 is 0 Å². The Labute approximate surface area is 194 Å². The van der Waals surface area contributed by atoms with Gasteiger partial charge in [0.1, 0.15) is 11.4 Å². The van der Waals surface area contributed by atoms with Gasteiger partial charge in [0.05, 0.1) is 11.7 Å². The van der Waals surface area contributed by atoms with Gasteiger partial charge in [0, 0.05) is 30.5 Å². The minimum absolute atomic E-state index is 0.0423. The summed E-state index contributed by atoms with van der Waals surface area (Å²) in [4.78, 5) is 27.8. The van der Waals surface area contributed by atoms with Crippen LogP contribution in [0.2, 0.25) is 5.02 Å². The Hall–Kier alpha value is -2.83. The van der Waals surface area contributed by atoms with Gasteiger partial charge in [-0.2, -0.15) is 0 Å². The first kappa shape index (κ1) is 23.8. The van der Waals surface area contributed by atoms with Gasteiger partial charge in [-0.25, -0.2) is 0 Å². The number of benzene rings is 2. The van der Waals surface area contributed by atoms with Crippen molar-refractivity contribution in [2.24, 2.45) is 0 Å². The van der Waals surface area contributed by atoms with E-state index in [1.165, 1.54) is 4.90 Å². The molecule has 0 fully saturated rings. The van der Waals surface area contributed by atoms with Crippen LogP contribution in [0.1, 0.15) is 38.3 Å². The third kappa shape index (κ3) is 5.50. The molecule has 0 bridgehead atoms. The van der Waals surface area contributed by atoms with Gasteiger partial charge in [0.15, 0.2) is 0 Å². The van der Waals surface area contributed by atoms with E-state index in [0.717, 1.165) is 11.3 Å². The second-order valence-corrected chi connectivity index (χ2v) is 8.27. The maximum atomic E-state index is 13.3. The molecule has 0 saturated heterocycles. The highest BCUT2D eigenvalue weighted by atomic mass is 35.5. The summed E-state index contributed by atoms with van der Waals surface area (Å²) >= 11 is 6.07. The number of aryl methyl sites for hydroxylation is 1. The SMILES string of the molecule is CCOCCCN1C(=O)C(Nc2ccc(Cl)cc2C)=C(c2ccc(OC(C)C)cc2)C1=O. The quantitative estimate of drug-likeness (QED) is 0.400. The highest BCUT2D eigenvalue weighted by Crippen LogP contribution is 2.32. The van der Waals surface area contributed by atoms with Crippen LogP contribution < -0.4 is 10.1 Å². The van der Waals surface area contributed by atoms with Crippen LogP contribution in [0.5, 0.6) is 5.75 Å². The summed E-state index contributed by atoms with van der Waals surface area (Å²) in [6.45, 7) is 9.09. The lowest BCUT2D eigenvalue weighted by molar-refractivity contribution is -0.137. The van der Waals surface area contributed by atoms with Crippen LogP contribution in [0.4, 0.5) is 5.69 Å². The Morgan fingerprint density at radius 1 is 1.06 bits per heavy atom. The van der Waals surface area contributed by atoms with Gasteiger partial charge in [0.2, 0.25) is 0 Å². The smallest absolute Gasteiger partial charge is 0.278 e. The average molecular weight is 457 g/mol. The van der Waals surface area contributed by atoms with E-state index in [1.54, 1.807) is 24.3 Å². The fourth-order valence-electron chi connectivity index (χ4n) is 3.51. The van der Waals surface area contributed by atoms with Crippen LogP contribution in [0.25, 0.3) is 5.57 Å². The van der Waals surface area contributed by atoms with Crippen molar-refractivity contribution in [2.45, 2.75) is 40.2 Å². The molecule has 0 unspecified atom stereocenters. The first-order valence-corrected chi connectivity index (χ1v) is 11.2. The van der Waals surface area contributed by atoms with Crippen LogP contribution >= 0.6 is 11.6 Å². The molecular formula is C25H29ClN2O4. The van der Waals surface area contributed by atoms with E-state index < -0.39 is 0 Å². The maximum Gasteiger partial charge on any atom is 0.278 e. The lowest BCUT2D eigenvalue weighted by Crippen LogP contribution is -2.34. The zero-order chi connectivity index (χ0) is 23.3. The molecule has 0 radical (unpaired) electrons. The molecule has 0 aromatic heterocycles. The molecule has 2 aromatic rings. The minimum atomic E-state index is -0.349. The minimum Gasteiger partial charge on any atom is -0.491 e. The molecule has 6 nitrogen and oxygen atoms in total. The summed E-state index contributed by atoms with van der Waals surface area (Å²) < 4.78 is 11.1. The lowest BCUT2D eigenvalue weighted by atomic mass is 10.0. The number of nitrogens with zero attached hydrogens (tertiary/aromatic N) is 1. The molecule has 2 amide bonds. The zero-order valence-electron chi connectivity index (χ0n) is 18.9. The summed E-state index contributed by atoms with van der Waals surface area (Å²) in [5.41, 5.74) is 2.85. The first-order chi connectivity index (χ1) is 15.3. The van der Waals surface area contributed by atoms with E-state index in [1.807, 2.05) is 45.9 Å². The van der Waals surface area contributed by atoms with Crippen LogP contribution in [0.3, 0.4) is 0 Å². The van der Waals surface area contributed by atoms with Crippen LogP contribution in [0, 0.1) is 6.92 Å². The summed E-state index contributed by atoms with van der Waals surface area (Å²) in [5.74, 6) is 0.0363. The van der Waals surface area contributed by atoms with Crippen molar-refractivity contribution >= 4 is 34.7 Å². The fourth-order valence-corrected chi connectivity index (χ4v) is 3.73. The molecule has 0 spiro atoms. The molecule has 3 rings (SSSR count). The molecule has 1 heterocycles. The third-order valence-electron chi connectivity index (χ3n) is 5.01. The van der Waals surface area contributed by atoms with Gasteiger partial charge in [0.25, 0.3) is 11.8 Å². The lowest BCUT2D eigenvalue weighted by Gasteiger charge is -2.15. The number of hydrogen-bond donors (Lipinski definition) is 1. The third-order valence-corrected chi connectivity index (χ3v) is 5.24. The number of rotatable bonds is 10. The summed E-state index contributed by atoms with van der Waals surface area (Å²) in [5, 5.41) is 3.80. The number of imide groups is 1. The number of nitrogens with one attached hydrogen (secondary N) is 1. The molecule has 2 aromatic carbocycles. The number of carbonyl (C=O) groups is 2. The van der Waals surface area contributed by atoms with Crippen molar-refractivity contribution in [1.29, 1.82) is 0 Å². The molecule has 1 aliphatic rings. The molecular weight excluding hydrogens is 428 g/mol. The standard InChI is InChI=1S/C25H29ClN2O4/c1-5-31-14-6-13-28-24(29)22(18-7-10-20(11-8-18)32-16(2)3)23(25(28)30)27-21-12-9-19(26)15-17(21)4/h7-12,15-16,27H,5-6,13-14H2,1-4H3. The normalized spacial score (nSPS) is 14.0. The Morgan fingerprint density at radius 2 is 1.78 bits per heavy atom. The largest absolute Gasteiger partial charge is 0.491 e. The Balaban J connectivity index is 1.95. The van der Waals surface area contributed by atoms with Gasteiger partial charge in [-0.05, 0) is 75.6 Å². The predicted molar refractivity (Wildman–Crippen MR) is 127 cm³/mol. The molecule has 1 aliphatic heterocycles. The molecule has 0 atom stereocenters. The Morgan fingerprint density at radius 3 is 2.41 bits per heavy atom. The highest BCUT2D eigenvalue weighted by Gasteiger charge is 2.39. The van der Waals surface area contributed by atoms with E-state index in [9.17, 15) is 9.59 Å². The topological polar surface area (TPSA) is 67.9 Å². The summed E-state index contributed by atoms with van der Waals surface area (Å²) in [6.07, 6.45) is 0.619. The molecule has 0 saturated carbocycles. The number of halogens is 1. The van der Waals surface area contributed by atoms with Crippen LogP contribution in [-0.2, 0) is 14.3 Å². The monoisotopic (exact) mass is 456 g/mol. The van der Waals surface area contributed by atoms with Gasteiger partial charge < -0.3 is 14.8 Å². The molecule has 170 valence electrons. The van der Waals surface area contributed by atoms with Crippen molar-refractivity contribution in [2.75, 3.05) is 25.1 Å². The predicted octanol–water partition coefficient (Wildman–Crippen LogP) is 5.05. The van der Waals surface area contributed by atoms with Gasteiger partial charge in [-0.1, -0.05) is 23.7 Å². The van der Waals surface area contributed by atoms with Crippen molar-refractivity contribution in [3.63, 3.8) is 0 Å². The van der Waals surface area contributed by atoms with E-state index in [0.29, 0.717) is 48.1 Å². The number of carbonyl (C=O) groups excluding carboxylic acids is 2.